The predicted molar refractivity (Wildman–Crippen MR) is 88.9 cm³/mol. The van der Waals surface area contributed by atoms with Crippen LogP contribution in [0.1, 0.15) is 30.1 Å². The Hall–Kier alpha value is -2.15. The summed E-state index contributed by atoms with van der Waals surface area (Å²) >= 11 is 0. The lowest BCUT2D eigenvalue weighted by atomic mass is 10.2. The second-order valence-corrected chi connectivity index (χ2v) is 6.38. The van der Waals surface area contributed by atoms with Crippen molar-refractivity contribution in [1.29, 1.82) is 0 Å². The number of ether oxygens (including phenoxy) is 1. The van der Waals surface area contributed by atoms with E-state index < -0.39 is 0 Å². The molecule has 3 rings (SSSR count). The van der Waals surface area contributed by atoms with E-state index in [1.54, 1.807) is 25.4 Å². The van der Waals surface area contributed by atoms with Gasteiger partial charge >= 0.3 is 0 Å². The molecular weight excluding hydrogens is 308 g/mol. The number of amides is 2. The Morgan fingerprint density at radius 2 is 1.96 bits per heavy atom. The molecule has 7 heteroatoms. The van der Waals surface area contributed by atoms with Crippen LogP contribution in [0.25, 0.3) is 0 Å². The fourth-order valence-electron chi connectivity index (χ4n) is 2.84. The van der Waals surface area contributed by atoms with Crippen LogP contribution in [0.5, 0.6) is 5.88 Å². The van der Waals surface area contributed by atoms with Crippen molar-refractivity contribution in [1.82, 2.24) is 20.1 Å². The van der Waals surface area contributed by atoms with E-state index in [0.717, 1.165) is 12.8 Å². The zero-order valence-electron chi connectivity index (χ0n) is 14.2. The van der Waals surface area contributed by atoms with Gasteiger partial charge in [0.25, 0.3) is 5.91 Å². The molecule has 1 aromatic rings. The van der Waals surface area contributed by atoms with Crippen LogP contribution in [0, 0.1) is 0 Å². The summed E-state index contributed by atoms with van der Waals surface area (Å²) in [7, 11) is 1.55. The Kier molecular flexibility index (Phi) is 4.99. The average molecular weight is 332 g/mol. The van der Waals surface area contributed by atoms with E-state index in [2.05, 4.69) is 15.2 Å². The molecule has 2 aliphatic rings. The largest absolute Gasteiger partial charge is 0.481 e. The van der Waals surface area contributed by atoms with Gasteiger partial charge in [0.1, 0.15) is 0 Å². The second kappa shape index (κ2) is 7.17. The Labute approximate surface area is 142 Å². The summed E-state index contributed by atoms with van der Waals surface area (Å²) in [6, 6.07) is 3.65. The van der Waals surface area contributed by atoms with Crippen LogP contribution in [-0.4, -0.2) is 72.0 Å². The molecule has 130 valence electrons. The van der Waals surface area contributed by atoms with Crippen LogP contribution in [0.3, 0.4) is 0 Å². The monoisotopic (exact) mass is 332 g/mol. The van der Waals surface area contributed by atoms with Gasteiger partial charge < -0.3 is 15.0 Å². The van der Waals surface area contributed by atoms with Crippen molar-refractivity contribution >= 4 is 11.8 Å². The summed E-state index contributed by atoms with van der Waals surface area (Å²) in [5.41, 5.74) is 0.559. The molecule has 7 nitrogen and oxygen atoms in total. The third-order valence-electron chi connectivity index (χ3n) is 4.64. The minimum Gasteiger partial charge on any atom is -0.481 e. The van der Waals surface area contributed by atoms with Gasteiger partial charge in [-0.15, -0.1) is 0 Å². The standard InChI is InChI=1S/C17H24N4O3/c1-12(16(22)19-14-4-5-14)20-7-9-21(10-8-20)17(23)13-3-6-15(24-2)18-11-13/h3,6,11-12,14H,4-5,7-10H2,1-2H3,(H,19,22). The Bertz CT molecular complexity index is 592. The number of hydrogen-bond acceptors (Lipinski definition) is 5. The summed E-state index contributed by atoms with van der Waals surface area (Å²) in [6.07, 6.45) is 3.73. The van der Waals surface area contributed by atoms with Gasteiger partial charge in [-0.25, -0.2) is 4.98 Å². The molecule has 1 saturated carbocycles. The summed E-state index contributed by atoms with van der Waals surface area (Å²) < 4.78 is 5.01. The van der Waals surface area contributed by atoms with Gasteiger partial charge in [-0.3, -0.25) is 14.5 Å². The van der Waals surface area contributed by atoms with Crippen LogP contribution in [0.2, 0.25) is 0 Å². The highest BCUT2D eigenvalue weighted by Gasteiger charge is 2.31. The highest BCUT2D eigenvalue weighted by molar-refractivity contribution is 5.94. The van der Waals surface area contributed by atoms with Crippen molar-refractivity contribution in [2.24, 2.45) is 0 Å². The molecule has 0 bridgehead atoms. The first-order valence-corrected chi connectivity index (χ1v) is 8.42. The molecule has 1 saturated heterocycles. The van der Waals surface area contributed by atoms with Gasteiger partial charge in [-0.05, 0) is 25.8 Å². The molecule has 0 aromatic carbocycles. The first-order valence-electron chi connectivity index (χ1n) is 8.42. The van der Waals surface area contributed by atoms with Crippen LogP contribution in [-0.2, 0) is 4.79 Å². The SMILES string of the molecule is COc1ccc(C(=O)N2CCN(C(C)C(=O)NC3CC3)CC2)cn1. The normalized spacial score (nSPS) is 19.7. The fourth-order valence-corrected chi connectivity index (χ4v) is 2.84. The Morgan fingerprint density at radius 3 is 2.50 bits per heavy atom. The Balaban J connectivity index is 1.51. The zero-order valence-corrected chi connectivity index (χ0v) is 14.2. The number of aromatic nitrogens is 1. The molecule has 2 heterocycles. The summed E-state index contributed by atoms with van der Waals surface area (Å²) in [5.74, 6) is 0.559. The summed E-state index contributed by atoms with van der Waals surface area (Å²) in [5, 5.41) is 3.04. The molecule has 1 unspecified atom stereocenters. The number of piperazine rings is 1. The predicted octanol–water partition coefficient (Wildman–Crippen LogP) is 0.515. The molecule has 1 aliphatic heterocycles. The smallest absolute Gasteiger partial charge is 0.255 e. The lowest BCUT2D eigenvalue weighted by Gasteiger charge is -2.37. The number of carbonyl (C=O) groups is 2. The number of rotatable bonds is 5. The average Bonchev–Trinajstić information content (AvgIpc) is 3.44. The first-order chi connectivity index (χ1) is 11.6. The highest BCUT2D eigenvalue weighted by atomic mass is 16.5. The van der Waals surface area contributed by atoms with Crippen LogP contribution in [0.15, 0.2) is 18.3 Å². The number of nitrogens with zero attached hydrogens (tertiary/aromatic N) is 3. The Morgan fingerprint density at radius 1 is 1.25 bits per heavy atom. The van der Waals surface area contributed by atoms with Gasteiger partial charge in [0.15, 0.2) is 0 Å². The van der Waals surface area contributed by atoms with Crippen molar-refractivity contribution in [3.05, 3.63) is 23.9 Å². The molecule has 1 aliphatic carbocycles. The number of nitrogens with one attached hydrogen (secondary N) is 1. The molecule has 2 amide bonds. The number of pyridine rings is 1. The molecule has 1 N–H and O–H groups in total. The number of carbonyl (C=O) groups excluding carboxylic acids is 2. The van der Waals surface area contributed by atoms with Gasteiger partial charge in [0.05, 0.1) is 18.7 Å². The minimum absolute atomic E-state index is 0.0279. The zero-order chi connectivity index (χ0) is 17.1. The second-order valence-electron chi connectivity index (χ2n) is 6.38. The van der Waals surface area contributed by atoms with E-state index in [0.29, 0.717) is 43.7 Å². The van der Waals surface area contributed by atoms with E-state index in [1.165, 1.54) is 0 Å². The van der Waals surface area contributed by atoms with E-state index in [4.69, 9.17) is 4.74 Å². The quantitative estimate of drug-likeness (QED) is 0.851. The van der Waals surface area contributed by atoms with Crippen LogP contribution < -0.4 is 10.1 Å². The lowest BCUT2D eigenvalue weighted by molar-refractivity contribution is -0.126. The lowest BCUT2D eigenvalue weighted by Crippen LogP contribution is -2.55. The summed E-state index contributed by atoms with van der Waals surface area (Å²) in [4.78, 5) is 32.7. The summed E-state index contributed by atoms with van der Waals surface area (Å²) in [6.45, 7) is 4.57. The molecule has 0 spiro atoms. The topological polar surface area (TPSA) is 74.8 Å². The van der Waals surface area contributed by atoms with E-state index >= 15 is 0 Å². The van der Waals surface area contributed by atoms with Gasteiger partial charge in [-0.2, -0.15) is 0 Å². The third-order valence-corrected chi connectivity index (χ3v) is 4.64. The molecule has 24 heavy (non-hydrogen) atoms. The number of methoxy groups -OCH3 is 1. The van der Waals surface area contributed by atoms with Crippen molar-refractivity contribution in [2.45, 2.75) is 31.8 Å². The number of hydrogen-bond donors (Lipinski definition) is 1. The molecule has 0 radical (unpaired) electrons. The van der Waals surface area contributed by atoms with Gasteiger partial charge in [-0.1, -0.05) is 0 Å². The van der Waals surface area contributed by atoms with E-state index in [9.17, 15) is 9.59 Å². The van der Waals surface area contributed by atoms with E-state index in [1.807, 2.05) is 11.8 Å². The maximum Gasteiger partial charge on any atom is 0.255 e. The first kappa shape index (κ1) is 16.7. The third kappa shape index (κ3) is 3.84. The molecule has 2 fully saturated rings. The van der Waals surface area contributed by atoms with Crippen LogP contribution in [0.4, 0.5) is 0 Å². The maximum absolute atomic E-state index is 12.5. The van der Waals surface area contributed by atoms with Crippen LogP contribution >= 0.6 is 0 Å². The van der Waals surface area contributed by atoms with Crippen molar-refractivity contribution in [3.63, 3.8) is 0 Å². The van der Waals surface area contributed by atoms with Gasteiger partial charge in [0.2, 0.25) is 11.8 Å². The molecule has 1 aromatic heterocycles. The van der Waals surface area contributed by atoms with Gasteiger partial charge in [0, 0.05) is 44.5 Å². The molecule has 1 atom stereocenters. The highest BCUT2D eigenvalue weighted by Crippen LogP contribution is 2.19. The van der Waals surface area contributed by atoms with Crippen molar-refractivity contribution in [2.75, 3.05) is 33.3 Å². The van der Waals surface area contributed by atoms with Crippen molar-refractivity contribution in [3.8, 4) is 5.88 Å². The minimum atomic E-state index is -0.148. The molecular formula is C17H24N4O3. The fraction of sp³-hybridized carbons (Fsp3) is 0.588. The van der Waals surface area contributed by atoms with E-state index in [-0.39, 0.29) is 17.9 Å². The van der Waals surface area contributed by atoms with Crippen molar-refractivity contribution < 1.29 is 14.3 Å². The maximum atomic E-state index is 12.5.